The van der Waals surface area contributed by atoms with Gasteiger partial charge in [-0.1, -0.05) is 6.07 Å². The highest BCUT2D eigenvalue weighted by Crippen LogP contribution is 2.31. The van der Waals surface area contributed by atoms with Gasteiger partial charge in [0.1, 0.15) is 6.54 Å². The Morgan fingerprint density at radius 2 is 1.85 bits per heavy atom. The van der Waals surface area contributed by atoms with Crippen molar-refractivity contribution >= 4 is 5.91 Å². The van der Waals surface area contributed by atoms with Crippen molar-refractivity contribution in [3.8, 4) is 11.5 Å². The molecular weight excluding hydrogens is 363 g/mol. The number of nitrogens with zero attached hydrogens (tertiary/aromatic N) is 2. The predicted octanol–water partition coefficient (Wildman–Crippen LogP) is 3.58. The third kappa shape index (κ3) is 5.63. The van der Waals surface area contributed by atoms with Crippen LogP contribution in [0.2, 0.25) is 0 Å². The molecule has 0 saturated carbocycles. The number of amides is 1. The van der Waals surface area contributed by atoms with Crippen molar-refractivity contribution in [2.75, 3.05) is 13.2 Å². The van der Waals surface area contributed by atoms with Crippen molar-refractivity contribution in [2.45, 2.75) is 39.5 Å². The SMILES string of the molecule is CCOc1ccc([C@H](C)NC(=O)Cn2ccc(C(F)(F)F)n2)cc1OCC. The fourth-order valence-electron chi connectivity index (χ4n) is 2.46. The van der Waals surface area contributed by atoms with Crippen LogP contribution in [0.3, 0.4) is 0 Å². The summed E-state index contributed by atoms with van der Waals surface area (Å²) in [5.41, 5.74) is -0.247. The molecule has 0 saturated heterocycles. The minimum atomic E-state index is -4.53. The number of aromatic nitrogens is 2. The number of hydrogen-bond donors (Lipinski definition) is 1. The van der Waals surface area contributed by atoms with Crippen LogP contribution in [0.15, 0.2) is 30.5 Å². The molecule has 0 fully saturated rings. The second-order valence-electron chi connectivity index (χ2n) is 5.76. The Hall–Kier alpha value is -2.71. The largest absolute Gasteiger partial charge is 0.490 e. The fourth-order valence-corrected chi connectivity index (χ4v) is 2.46. The number of rotatable bonds is 8. The van der Waals surface area contributed by atoms with Crippen molar-refractivity contribution in [1.82, 2.24) is 15.1 Å². The Kier molecular flexibility index (Phi) is 6.70. The number of hydrogen-bond acceptors (Lipinski definition) is 4. The summed E-state index contributed by atoms with van der Waals surface area (Å²) < 4.78 is 49.7. The van der Waals surface area contributed by atoms with E-state index in [4.69, 9.17) is 9.47 Å². The molecule has 2 rings (SSSR count). The average Bonchev–Trinajstić information content (AvgIpc) is 3.05. The molecule has 27 heavy (non-hydrogen) atoms. The topological polar surface area (TPSA) is 65.4 Å². The molecule has 9 heteroatoms. The second kappa shape index (κ2) is 8.79. The monoisotopic (exact) mass is 385 g/mol. The van der Waals surface area contributed by atoms with E-state index in [1.807, 2.05) is 13.8 Å². The van der Waals surface area contributed by atoms with Crippen molar-refractivity contribution in [1.29, 1.82) is 0 Å². The number of halogens is 3. The average molecular weight is 385 g/mol. The van der Waals surface area contributed by atoms with Crippen LogP contribution in [-0.4, -0.2) is 28.9 Å². The van der Waals surface area contributed by atoms with Crippen LogP contribution in [0.5, 0.6) is 11.5 Å². The van der Waals surface area contributed by atoms with E-state index in [0.717, 1.165) is 22.5 Å². The van der Waals surface area contributed by atoms with Crippen LogP contribution < -0.4 is 14.8 Å². The molecule has 2 aromatic rings. The summed E-state index contributed by atoms with van der Waals surface area (Å²) in [6.45, 7) is 6.14. The smallest absolute Gasteiger partial charge is 0.435 e. The van der Waals surface area contributed by atoms with Gasteiger partial charge in [-0.25, -0.2) is 0 Å². The summed E-state index contributed by atoms with van der Waals surface area (Å²) in [4.78, 5) is 12.1. The van der Waals surface area contributed by atoms with E-state index < -0.39 is 17.8 Å². The molecule has 0 bridgehead atoms. The normalized spacial score (nSPS) is 12.5. The second-order valence-corrected chi connectivity index (χ2v) is 5.76. The third-order valence-electron chi connectivity index (χ3n) is 3.68. The van der Waals surface area contributed by atoms with Gasteiger partial charge in [0, 0.05) is 6.20 Å². The standard InChI is InChI=1S/C18H22F3N3O3/c1-4-26-14-7-6-13(10-15(14)27-5-2)12(3)22-17(25)11-24-9-8-16(23-24)18(19,20)21/h6-10,12H,4-5,11H2,1-3H3,(H,22,25)/t12-/m0/s1. The van der Waals surface area contributed by atoms with Crippen molar-refractivity contribution in [3.63, 3.8) is 0 Å². The van der Waals surface area contributed by atoms with Gasteiger partial charge in [0.2, 0.25) is 5.91 Å². The molecule has 0 radical (unpaired) electrons. The lowest BCUT2D eigenvalue weighted by atomic mass is 10.1. The minimum absolute atomic E-state index is 0.310. The molecule has 1 N–H and O–H groups in total. The molecular formula is C18H22F3N3O3. The van der Waals surface area contributed by atoms with Gasteiger partial charge < -0.3 is 14.8 Å². The molecule has 1 aromatic carbocycles. The number of carbonyl (C=O) groups is 1. The zero-order valence-electron chi connectivity index (χ0n) is 15.3. The summed E-state index contributed by atoms with van der Waals surface area (Å²) in [5, 5.41) is 6.10. The number of ether oxygens (including phenoxy) is 2. The van der Waals surface area contributed by atoms with E-state index >= 15 is 0 Å². The zero-order chi connectivity index (χ0) is 20.0. The van der Waals surface area contributed by atoms with Gasteiger partial charge in [-0.05, 0) is 44.5 Å². The van der Waals surface area contributed by atoms with E-state index in [0.29, 0.717) is 24.7 Å². The third-order valence-corrected chi connectivity index (χ3v) is 3.68. The lowest BCUT2D eigenvalue weighted by molar-refractivity contribution is -0.141. The van der Waals surface area contributed by atoms with Gasteiger partial charge in [0.15, 0.2) is 17.2 Å². The Morgan fingerprint density at radius 1 is 1.19 bits per heavy atom. The Morgan fingerprint density at radius 3 is 2.44 bits per heavy atom. The van der Waals surface area contributed by atoms with E-state index in [1.165, 1.54) is 0 Å². The first kappa shape index (κ1) is 20.6. The van der Waals surface area contributed by atoms with E-state index in [1.54, 1.807) is 25.1 Å². The molecule has 0 aliphatic carbocycles. The highest BCUT2D eigenvalue weighted by Gasteiger charge is 2.33. The summed E-state index contributed by atoms with van der Waals surface area (Å²) in [5.74, 6) is 0.726. The van der Waals surface area contributed by atoms with E-state index in [-0.39, 0.29) is 12.6 Å². The molecule has 6 nitrogen and oxygen atoms in total. The van der Waals surface area contributed by atoms with Crippen LogP contribution in [0.4, 0.5) is 13.2 Å². The van der Waals surface area contributed by atoms with Gasteiger partial charge in [0.05, 0.1) is 19.3 Å². The van der Waals surface area contributed by atoms with Crippen molar-refractivity contribution in [2.24, 2.45) is 0 Å². The molecule has 0 spiro atoms. The summed E-state index contributed by atoms with van der Waals surface area (Å²) in [6.07, 6.45) is -3.41. The summed E-state index contributed by atoms with van der Waals surface area (Å²) in [7, 11) is 0. The van der Waals surface area contributed by atoms with Crippen LogP contribution in [0.25, 0.3) is 0 Å². The Labute approximate surface area is 155 Å². The quantitative estimate of drug-likeness (QED) is 0.754. The number of benzene rings is 1. The van der Waals surface area contributed by atoms with Crippen LogP contribution >= 0.6 is 0 Å². The molecule has 1 atom stereocenters. The zero-order valence-corrected chi connectivity index (χ0v) is 15.3. The molecule has 148 valence electrons. The first-order valence-electron chi connectivity index (χ1n) is 8.54. The minimum Gasteiger partial charge on any atom is -0.490 e. The first-order valence-corrected chi connectivity index (χ1v) is 8.54. The van der Waals surface area contributed by atoms with Crippen molar-refractivity contribution < 1.29 is 27.4 Å². The highest BCUT2D eigenvalue weighted by molar-refractivity contribution is 5.76. The van der Waals surface area contributed by atoms with Crippen molar-refractivity contribution in [3.05, 3.63) is 41.7 Å². The Bertz CT molecular complexity index is 775. The van der Waals surface area contributed by atoms with Gasteiger partial charge in [-0.3, -0.25) is 9.48 Å². The van der Waals surface area contributed by atoms with Crippen LogP contribution in [0.1, 0.15) is 38.1 Å². The molecule has 0 aliphatic heterocycles. The van der Waals surface area contributed by atoms with E-state index in [9.17, 15) is 18.0 Å². The van der Waals surface area contributed by atoms with Gasteiger partial charge in [-0.15, -0.1) is 0 Å². The number of nitrogens with one attached hydrogen (secondary N) is 1. The van der Waals surface area contributed by atoms with E-state index in [2.05, 4.69) is 10.4 Å². The predicted molar refractivity (Wildman–Crippen MR) is 92.6 cm³/mol. The lowest BCUT2D eigenvalue weighted by Crippen LogP contribution is -2.30. The summed E-state index contributed by atoms with van der Waals surface area (Å²) in [6, 6.07) is 5.79. The maximum absolute atomic E-state index is 12.6. The molecule has 0 unspecified atom stereocenters. The molecule has 0 aliphatic rings. The van der Waals surface area contributed by atoms with Gasteiger partial charge in [0.25, 0.3) is 0 Å². The lowest BCUT2D eigenvalue weighted by Gasteiger charge is -2.17. The van der Waals surface area contributed by atoms with Crippen LogP contribution in [-0.2, 0) is 17.5 Å². The van der Waals surface area contributed by atoms with Gasteiger partial charge in [-0.2, -0.15) is 18.3 Å². The Balaban J connectivity index is 2.03. The van der Waals surface area contributed by atoms with Gasteiger partial charge >= 0.3 is 6.18 Å². The number of alkyl halides is 3. The van der Waals surface area contributed by atoms with Crippen LogP contribution in [0, 0.1) is 0 Å². The first-order chi connectivity index (χ1) is 12.7. The maximum Gasteiger partial charge on any atom is 0.435 e. The molecule has 1 amide bonds. The number of carbonyl (C=O) groups excluding carboxylic acids is 1. The molecule has 1 heterocycles. The highest BCUT2D eigenvalue weighted by atomic mass is 19.4. The summed E-state index contributed by atoms with van der Waals surface area (Å²) >= 11 is 0. The maximum atomic E-state index is 12.6. The fraction of sp³-hybridized carbons (Fsp3) is 0.444. The molecule has 1 aromatic heterocycles.